The molecule has 0 saturated heterocycles. The molecule has 1 fully saturated rings. The summed E-state index contributed by atoms with van der Waals surface area (Å²) in [6.07, 6.45) is 8.39. The summed E-state index contributed by atoms with van der Waals surface area (Å²) >= 11 is 0. The summed E-state index contributed by atoms with van der Waals surface area (Å²) in [4.78, 5) is 26.4. The van der Waals surface area contributed by atoms with Gasteiger partial charge in [0.05, 0.1) is 18.1 Å². The number of halogens is 1. The van der Waals surface area contributed by atoms with E-state index in [1.54, 1.807) is 0 Å². The molecule has 9 heteroatoms. The Morgan fingerprint density at radius 1 is 1.30 bits per heavy atom. The van der Waals surface area contributed by atoms with Gasteiger partial charge in [0.2, 0.25) is 5.95 Å². The molecule has 1 amide bonds. The van der Waals surface area contributed by atoms with E-state index in [9.17, 15) is 9.18 Å². The minimum absolute atomic E-state index is 0.130. The number of hydrogen-bond acceptors (Lipinski definition) is 7. The van der Waals surface area contributed by atoms with E-state index in [0.717, 1.165) is 25.5 Å². The van der Waals surface area contributed by atoms with Crippen LogP contribution in [0, 0.1) is 5.82 Å². The fourth-order valence-electron chi connectivity index (χ4n) is 3.49. The first kappa shape index (κ1) is 19.0. The van der Waals surface area contributed by atoms with E-state index in [4.69, 9.17) is 5.73 Å². The van der Waals surface area contributed by atoms with Gasteiger partial charge < -0.3 is 21.3 Å². The second-order valence-electron chi connectivity index (χ2n) is 6.67. The molecule has 4 N–H and O–H groups in total. The molecule has 1 aliphatic carbocycles. The zero-order chi connectivity index (χ0) is 19.4. The molecular formula is C18H24FN7O. The molecule has 8 nitrogen and oxygen atoms in total. The normalized spacial score (nSPS) is 19.5. The van der Waals surface area contributed by atoms with E-state index in [-0.39, 0.29) is 17.4 Å². The molecule has 1 aliphatic rings. The molecule has 0 spiro atoms. The number of amides is 1. The van der Waals surface area contributed by atoms with Crippen LogP contribution in [0.3, 0.4) is 0 Å². The number of anilines is 3. The van der Waals surface area contributed by atoms with Crippen LogP contribution in [0.1, 0.15) is 36.0 Å². The van der Waals surface area contributed by atoms with E-state index in [1.807, 2.05) is 19.0 Å². The quantitative estimate of drug-likeness (QED) is 0.708. The maximum atomic E-state index is 13.4. The van der Waals surface area contributed by atoms with E-state index in [1.165, 1.54) is 24.9 Å². The number of nitrogens with zero attached hydrogens (tertiary/aromatic N) is 4. The number of aromatic nitrogens is 3. The van der Waals surface area contributed by atoms with E-state index in [0.29, 0.717) is 17.7 Å². The van der Waals surface area contributed by atoms with Crippen LogP contribution in [0.25, 0.3) is 0 Å². The smallest absolute Gasteiger partial charge is 0.254 e. The minimum atomic E-state index is -0.665. The molecule has 1 saturated carbocycles. The standard InChI is InChI=1S/C18H24FN7O/c1-21-14-5-3-4-6-15(14)26(2)18-23-10-13(16(20)27)17(25-18)24-12-7-11(19)8-22-9-12/h7-10,14-15,21H,3-6H2,1-2H3,(H2,20,27)(H,23,24,25). The van der Waals surface area contributed by atoms with Crippen molar-refractivity contribution in [3.63, 3.8) is 0 Å². The highest BCUT2D eigenvalue weighted by atomic mass is 19.1. The number of hydrogen-bond donors (Lipinski definition) is 3. The molecular weight excluding hydrogens is 349 g/mol. The van der Waals surface area contributed by atoms with Gasteiger partial charge >= 0.3 is 0 Å². The monoisotopic (exact) mass is 373 g/mol. The predicted molar refractivity (Wildman–Crippen MR) is 102 cm³/mol. The Balaban J connectivity index is 1.91. The van der Waals surface area contributed by atoms with Gasteiger partial charge in [-0.2, -0.15) is 4.98 Å². The molecule has 2 aromatic heterocycles. The van der Waals surface area contributed by atoms with Crippen LogP contribution < -0.4 is 21.3 Å². The second kappa shape index (κ2) is 8.26. The Hall–Kier alpha value is -2.81. The van der Waals surface area contributed by atoms with Crippen LogP contribution in [-0.2, 0) is 0 Å². The molecule has 0 radical (unpaired) electrons. The highest BCUT2D eigenvalue weighted by Crippen LogP contribution is 2.26. The molecule has 2 atom stereocenters. The third-order valence-electron chi connectivity index (χ3n) is 4.92. The van der Waals surface area contributed by atoms with E-state index >= 15 is 0 Å². The van der Waals surface area contributed by atoms with Crippen molar-refractivity contribution >= 4 is 23.4 Å². The summed E-state index contributed by atoms with van der Waals surface area (Å²) in [7, 11) is 3.89. The fraction of sp³-hybridized carbons (Fsp3) is 0.444. The highest BCUT2D eigenvalue weighted by molar-refractivity contribution is 5.98. The van der Waals surface area contributed by atoms with Crippen LogP contribution in [0.2, 0.25) is 0 Å². The van der Waals surface area contributed by atoms with Gasteiger partial charge in [-0.3, -0.25) is 9.78 Å². The average molecular weight is 373 g/mol. The predicted octanol–water partition coefficient (Wildman–Crippen LogP) is 1.82. The molecule has 2 heterocycles. The molecule has 0 bridgehead atoms. The maximum absolute atomic E-state index is 13.4. The lowest BCUT2D eigenvalue weighted by Gasteiger charge is -2.38. The van der Waals surface area contributed by atoms with Gasteiger partial charge in [-0.25, -0.2) is 9.37 Å². The third-order valence-corrected chi connectivity index (χ3v) is 4.92. The summed E-state index contributed by atoms with van der Waals surface area (Å²) in [5.74, 6) is -0.462. The highest BCUT2D eigenvalue weighted by Gasteiger charge is 2.29. The lowest BCUT2D eigenvalue weighted by molar-refractivity contribution is 0.100. The fourth-order valence-corrected chi connectivity index (χ4v) is 3.49. The molecule has 3 rings (SSSR count). The average Bonchev–Trinajstić information content (AvgIpc) is 2.67. The van der Waals surface area contributed by atoms with Crippen molar-refractivity contribution in [1.82, 2.24) is 20.3 Å². The van der Waals surface area contributed by atoms with Crippen LogP contribution in [-0.4, -0.2) is 47.0 Å². The Morgan fingerprint density at radius 3 is 2.78 bits per heavy atom. The first-order valence-corrected chi connectivity index (χ1v) is 8.94. The van der Waals surface area contributed by atoms with Crippen LogP contribution >= 0.6 is 0 Å². The van der Waals surface area contributed by atoms with Crippen molar-refractivity contribution in [2.45, 2.75) is 37.8 Å². The number of primary amides is 1. The SMILES string of the molecule is CNC1CCCCC1N(C)c1ncc(C(N)=O)c(Nc2cncc(F)c2)n1. The largest absolute Gasteiger partial charge is 0.365 e. The third kappa shape index (κ3) is 4.30. The van der Waals surface area contributed by atoms with Crippen LogP contribution in [0.4, 0.5) is 21.8 Å². The lowest BCUT2D eigenvalue weighted by Crippen LogP contribution is -2.50. The minimum Gasteiger partial charge on any atom is -0.365 e. The first-order valence-electron chi connectivity index (χ1n) is 8.94. The Kier molecular flexibility index (Phi) is 5.80. The van der Waals surface area contributed by atoms with E-state index < -0.39 is 11.7 Å². The number of nitrogens with one attached hydrogen (secondary N) is 2. The second-order valence-corrected chi connectivity index (χ2v) is 6.67. The number of nitrogens with two attached hydrogens (primary N) is 1. The Labute approximate surface area is 157 Å². The summed E-state index contributed by atoms with van der Waals surface area (Å²) in [5, 5.41) is 6.28. The summed E-state index contributed by atoms with van der Waals surface area (Å²) < 4.78 is 13.4. The number of carbonyl (C=O) groups is 1. The van der Waals surface area contributed by atoms with E-state index in [2.05, 4.69) is 25.6 Å². The number of rotatable bonds is 6. The van der Waals surface area contributed by atoms with Gasteiger partial charge in [0, 0.05) is 31.4 Å². The van der Waals surface area contributed by atoms with Gasteiger partial charge in [-0.15, -0.1) is 0 Å². The van der Waals surface area contributed by atoms with Crippen molar-refractivity contribution < 1.29 is 9.18 Å². The molecule has 27 heavy (non-hydrogen) atoms. The van der Waals surface area contributed by atoms with Crippen molar-refractivity contribution in [1.29, 1.82) is 0 Å². The van der Waals surface area contributed by atoms with Crippen molar-refractivity contribution in [3.8, 4) is 0 Å². The molecule has 0 aromatic carbocycles. The van der Waals surface area contributed by atoms with Gasteiger partial charge in [-0.05, 0) is 19.9 Å². The maximum Gasteiger partial charge on any atom is 0.254 e. The topological polar surface area (TPSA) is 109 Å². The number of carbonyl (C=O) groups excluding carboxylic acids is 1. The molecule has 144 valence electrons. The Morgan fingerprint density at radius 2 is 2.07 bits per heavy atom. The summed E-state index contributed by atoms with van der Waals surface area (Å²) in [5.41, 5.74) is 5.94. The van der Waals surface area contributed by atoms with Crippen molar-refractivity contribution in [3.05, 3.63) is 36.0 Å². The van der Waals surface area contributed by atoms with Gasteiger partial charge in [0.1, 0.15) is 17.2 Å². The Bertz CT molecular complexity index is 816. The lowest BCUT2D eigenvalue weighted by atomic mass is 9.89. The number of likely N-dealkylation sites (N-methyl/N-ethyl adjacent to an activating group) is 2. The zero-order valence-corrected chi connectivity index (χ0v) is 15.4. The number of pyridine rings is 1. The van der Waals surface area contributed by atoms with Gasteiger partial charge in [0.25, 0.3) is 5.91 Å². The first-order chi connectivity index (χ1) is 13.0. The van der Waals surface area contributed by atoms with Crippen LogP contribution in [0.5, 0.6) is 0 Å². The van der Waals surface area contributed by atoms with Crippen molar-refractivity contribution in [2.75, 3.05) is 24.3 Å². The molecule has 2 aromatic rings. The van der Waals surface area contributed by atoms with Crippen molar-refractivity contribution in [2.24, 2.45) is 5.73 Å². The van der Waals surface area contributed by atoms with Crippen LogP contribution in [0.15, 0.2) is 24.7 Å². The summed E-state index contributed by atoms with van der Waals surface area (Å²) in [6, 6.07) is 1.85. The van der Waals surface area contributed by atoms with Gasteiger partial charge in [0.15, 0.2) is 0 Å². The molecule has 0 aliphatic heterocycles. The molecule has 2 unspecified atom stereocenters. The zero-order valence-electron chi connectivity index (χ0n) is 15.4. The van der Waals surface area contributed by atoms with Gasteiger partial charge in [-0.1, -0.05) is 12.8 Å². The summed E-state index contributed by atoms with van der Waals surface area (Å²) in [6.45, 7) is 0.